The van der Waals surface area contributed by atoms with Gasteiger partial charge in [0, 0.05) is 19.3 Å². The first kappa shape index (κ1) is 15.2. The lowest BCUT2D eigenvalue weighted by Crippen LogP contribution is -2.32. The summed E-state index contributed by atoms with van der Waals surface area (Å²) in [5, 5.41) is 0.157. The van der Waals surface area contributed by atoms with Gasteiger partial charge in [-0.25, -0.2) is 13.4 Å². The van der Waals surface area contributed by atoms with Gasteiger partial charge in [0.15, 0.2) is 0 Å². The van der Waals surface area contributed by atoms with E-state index in [0.29, 0.717) is 13.1 Å². The van der Waals surface area contributed by atoms with Crippen molar-refractivity contribution in [2.75, 3.05) is 18.8 Å². The van der Waals surface area contributed by atoms with Gasteiger partial charge in [0.05, 0.1) is 5.02 Å². The van der Waals surface area contributed by atoms with Gasteiger partial charge in [0.2, 0.25) is 10.0 Å². The van der Waals surface area contributed by atoms with E-state index >= 15 is 0 Å². The van der Waals surface area contributed by atoms with Crippen molar-refractivity contribution in [3.63, 3.8) is 0 Å². The molecule has 18 heavy (non-hydrogen) atoms. The summed E-state index contributed by atoms with van der Waals surface area (Å²) >= 11 is 5.81. The van der Waals surface area contributed by atoms with Crippen molar-refractivity contribution >= 4 is 27.4 Å². The van der Waals surface area contributed by atoms with E-state index in [1.807, 2.05) is 13.8 Å². The first-order chi connectivity index (χ1) is 8.43. The van der Waals surface area contributed by atoms with E-state index in [9.17, 15) is 8.42 Å². The van der Waals surface area contributed by atoms with Gasteiger partial charge in [-0.1, -0.05) is 25.4 Å². The zero-order valence-corrected chi connectivity index (χ0v) is 12.1. The van der Waals surface area contributed by atoms with Gasteiger partial charge in [-0.3, -0.25) is 0 Å². The lowest BCUT2D eigenvalue weighted by atomic mass is 10.4. The van der Waals surface area contributed by atoms with Crippen LogP contribution in [0, 0.1) is 0 Å². The molecule has 7 heteroatoms. The fraction of sp³-hybridized carbons (Fsp3) is 0.545. The molecule has 0 aliphatic rings. The molecule has 0 atom stereocenters. The minimum atomic E-state index is -3.53. The molecule has 0 amide bonds. The number of rotatable bonds is 6. The number of hydrogen-bond acceptors (Lipinski definition) is 4. The van der Waals surface area contributed by atoms with Gasteiger partial charge in [0.25, 0.3) is 0 Å². The normalized spacial score (nSPS) is 12.0. The number of aromatic nitrogens is 1. The molecule has 0 bridgehead atoms. The van der Waals surface area contributed by atoms with Crippen LogP contribution in [0.15, 0.2) is 17.2 Å². The third-order valence-electron chi connectivity index (χ3n) is 2.43. The number of nitrogen functional groups attached to an aromatic ring is 1. The van der Waals surface area contributed by atoms with Crippen LogP contribution in [0.3, 0.4) is 0 Å². The summed E-state index contributed by atoms with van der Waals surface area (Å²) in [5.74, 6) is 0.133. The molecule has 0 aliphatic carbocycles. The summed E-state index contributed by atoms with van der Waals surface area (Å²) in [5.41, 5.74) is 5.47. The lowest BCUT2D eigenvalue weighted by molar-refractivity contribution is 0.410. The summed E-state index contributed by atoms with van der Waals surface area (Å²) < 4.78 is 26.2. The molecule has 0 radical (unpaired) electrons. The highest BCUT2D eigenvalue weighted by Gasteiger charge is 2.24. The predicted molar refractivity (Wildman–Crippen MR) is 73.0 cm³/mol. The van der Waals surface area contributed by atoms with Crippen LogP contribution in [0.25, 0.3) is 0 Å². The maximum absolute atomic E-state index is 12.4. The monoisotopic (exact) mass is 291 g/mol. The van der Waals surface area contributed by atoms with Crippen LogP contribution >= 0.6 is 11.6 Å². The minimum absolute atomic E-state index is 0.0867. The van der Waals surface area contributed by atoms with E-state index in [2.05, 4.69) is 4.98 Å². The van der Waals surface area contributed by atoms with E-state index in [0.717, 1.165) is 12.8 Å². The fourth-order valence-electron chi connectivity index (χ4n) is 1.57. The highest BCUT2D eigenvalue weighted by atomic mass is 35.5. The molecular formula is C11H18ClN3O2S. The summed E-state index contributed by atoms with van der Waals surface area (Å²) in [6.45, 7) is 4.84. The maximum Gasteiger partial charge on any atom is 0.244 e. The van der Waals surface area contributed by atoms with Crippen molar-refractivity contribution in [3.05, 3.63) is 17.3 Å². The first-order valence-electron chi connectivity index (χ1n) is 5.84. The second kappa shape index (κ2) is 6.36. The number of nitrogens with two attached hydrogens (primary N) is 1. The molecule has 1 rings (SSSR count). The Bertz CT molecular complexity index is 499. The molecule has 0 saturated heterocycles. The Hall–Kier alpha value is -0.850. The first-order valence-corrected chi connectivity index (χ1v) is 7.66. The average Bonchev–Trinajstić information content (AvgIpc) is 2.32. The Morgan fingerprint density at radius 3 is 2.33 bits per heavy atom. The number of pyridine rings is 1. The Labute approximate surface area is 113 Å². The van der Waals surface area contributed by atoms with Crippen LogP contribution in [-0.4, -0.2) is 30.8 Å². The van der Waals surface area contributed by atoms with E-state index in [4.69, 9.17) is 17.3 Å². The Morgan fingerprint density at radius 1 is 1.33 bits per heavy atom. The molecule has 1 aromatic rings. The molecule has 1 heterocycles. The topological polar surface area (TPSA) is 76.3 Å². The Balaban J connectivity index is 3.13. The molecular weight excluding hydrogens is 274 g/mol. The number of halogens is 1. The number of nitrogens with zero attached hydrogens (tertiary/aromatic N) is 2. The fourth-order valence-corrected chi connectivity index (χ4v) is 3.40. The van der Waals surface area contributed by atoms with Crippen molar-refractivity contribution in [1.82, 2.24) is 9.29 Å². The number of anilines is 1. The molecule has 0 aromatic carbocycles. The molecule has 2 N–H and O–H groups in total. The van der Waals surface area contributed by atoms with Crippen molar-refractivity contribution in [2.24, 2.45) is 0 Å². The standard InChI is InChI=1S/C11H18ClN3O2S/c1-3-5-15(6-4-2)18(16,17)9-7-10(12)11(13)14-8-9/h7-8H,3-6H2,1-2H3,(H2,13,14). The third-order valence-corrected chi connectivity index (χ3v) is 4.60. The Kier molecular flexibility index (Phi) is 5.37. The minimum Gasteiger partial charge on any atom is -0.382 e. The van der Waals surface area contributed by atoms with E-state index < -0.39 is 10.0 Å². The van der Waals surface area contributed by atoms with Crippen molar-refractivity contribution in [1.29, 1.82) is 0 Å². The molecule has 0 saturated carbocycles. The van der Waals surface area contributed by atoms with Gasteiger partial charge in [-0.15, -0.1) is 0 Å². The lowest BCUT2D eigenvalue weighted by Gasteiger charge is -2.20. The van der Waals surface area contributed by atoms with Gasteiger partial charge in [-0.05, 0) is 18.9 Å². The summed E-state index contributed by atoms with van der Waals surface area (Å²) in [6, 6.07) is 1.34. The number of hydrogen-bond donors (Lipinski definition) is 1. The van der Waals surface area contributed by atoms with E-state index in [1.54, 1.807) is 0 Å². The van der Waals surface area contributed by atoms with E-state index in [-0.39, 0.29) is 15.7 Å². The second-order valence-corrected chi connectivity index (χ2v) is 6.29. The average molecular weight is 292 g/mol. The molecule has 5 nitrogen and oxygen atoms in total. The van der Waals surface area contributed by atoms with Gasteiger partial charge >= 0.3 is 0 Å². The molecule has 102 valence electrons. The van der Waals surface area contributed by atoms with Crippen LogP contribution in [0.4, 0.5) is 5.82 Å². The van der Waals surface area contributed by atoms with Crippen LogP contribution in [0.2, 0.25) is 5.02 Å². The van der Waals surface area contributed by atoms with Gasteiger partial charge in [-0.2, -0.15) is 4.31 Å². The van der Waals surface area contributed by atoms with Crippen molar-refractivity contribution in [3.8, 4) is 0 Å². The highest BCUT2D eigenvalue weighted by molar-refractivity contribution is 7.89. The van der Waals surface area contributed by atoms with Crippen molar-refractivity contribution < 1.29 is 8.42 Å². The largest absolute Gasteiger partial charge is 0.382 e. The smallest absolute Gasteiger partial charge is 0.244 e. The second-order valence-electron chi connectivity index (χ2n) is 3.94. The van der Waals surface area contributed by atoms with Crippen LogP contribution in [-0.2, 0) is 10.0 Å². The van der Waals surface area contributed by atoms with Gasteiger partial charge in [0.1, 0.15) is 10.7 Å². The van der Waals surface area contributed by atoms with Gasteiger partial charge < -0.3 is 5.73 Å². The Morgan fingerprint density at radius 2 is 1.89 bits per heavy atom. The van der Waals surface area contributed by atoms with Crippen molar-refractivity contribution in [2.45, 2.75) is 31.6 Å². The number of sulfonamides is 1. The zero-order chi connectivity index (χ0) is 13.8. The van der Waals surface area contributed by atoms with Crippen LogP contribution < -0.4 is 5.73 Å². The molecule has 0 unspecified atom stereocenters. The summed E-state index contributed by atoms with van der Waals surface area (Å²) in [6.07, 6.45) is 2.76. The van der Waals surface area contributed by atoms with Crippen LogP contribution in [0.1, 0.15) is 26.7 Å². The molecule has 1 aromatic heterocycles. The quantitative estimate of drug-likeness (QED) is 0.871. The third kappa shape index (κ3) is 3.34. The molecule has 0 spiro atoms. The summed E-state index contributed by atoms with van der Waals surface area (Å²) in [7, 11) is -3.53. The maximum atomic E-state index is 12.4. The molecule has 0 fully saturated rings. The zero-order valence-electron chi connectivity index (χ0n) is 10.6. The van der Waals surface area contributed by atoms with Crippen LogP contribution in [0.5, 0.6) is 0 Å². The molecule has 0 aliphatic heterocycles. The predicted octanol–water partition coefficient (Wildman–Crippen LogP) is 2.13. The summed E-state index contributed by atoms with van der Waals surface area (Å²) in [4.78, 5) is 3.87. The highest BCUT2D eigenvalue weighted by Crippen LogP contribution is 2.22. The van der Waals surface area contributed by atoms with E-state index in [1.165, 1.54) is 16.6 Å². The SMILES string of the molecule is CCCN(CCC)S(=O)(=O)c1cnc(N)c(Cl)c1.